The van der Waals surface area contributed by atoms with Crippen molar-refractivity contribution < 1.29 is 9.90 Å². The van der Waals surface area contributed by atoms with Crippen LogP contribution in [-0.2, 0) is 13.6 Å². The molecule has 2 N–H and O–H groups in total. The van der Waals surface area contributed by atoms with E-state index in [4.69, 9.17) is 16.7 Å². The van der Waals surface area contributed by atoms with Crippen molar-refractivity contribution in [1.82, 2.24) is 14.8 Å². The fourth-order valence-corrected chi connectivity index (χ4v) is 1.74. The molecule has 0 amide bonds. The van der Waals surface area contributed by atoms with Gasteiger partial charge >= 0.3 is 5.97 Å². The Balaban J connectivity index is 2.14. The molecule has 0 saturated heterocycles. The fraction of sp³-hybridized carbons (Fsp3) is 0.182. The molecule has 0 aliphatic heterocycles. The second-order valence-corrected chi connectivity index (χ2v) is 4.08. The van der Waals surface area contributed by atoms with Gasteiger partial charge in [0.2, 0.25) is 0 Å². The van der Waals surface area contributed by atoms with Crippen LogP contribution in [0.4, 0.5) is 5.82 Å². The number of pyridine rings is 1. The Hall–Kier alpha value is -2.08. The van der Waals surface area contributed by atoms with Crippen LogP contribution >= 0.6 is 11.6 Å². The van der Waals surface area contributed by atoms with Gasteiger partial charge in [-0.1, -0.05) is 11.6 Å². The number of carboxylic acids is 1. The largest absolute Gasteiger partial charge is 0.478 e. The highest BCUT2D eigenvalue weighted by molar-refractivity contribution is 6.35. The van der Waals surface area contributed by atoms with Crippen LogP contribution < -0.4 is 5.32 Å². The van der Waals surface area contributed by atoms with Crippen molar-refractivity contribution in [2.75, 3.05) is 5.32 Å². The second-order valence-electron chi connectivity index (χ2n) is 3.70. The molecule has 0 radical (unpaired) electrons. The first-order valence-electron chi connectivity index (χ1n) is 5.17. The van der Waals surface area contributed by atoms with Gasteiger partial charge in [0, 0.05) is 31.5 Å². The number of carboxylic acid groups (broad SMARTS) is 1. The standard InChI is InChI=1S/C11H11ClN4O2/c1-16-6-7(5-15-16)4-14-10-9(12)8(11(17)18)2-3-13-10/h2-3,5-6H,4H2,1H3,(H,13,14)(H,17,18). The van der Waals surface area contributed by atoms with Crippen molar-refractivity contribution in [3.8, 4) is 0 Å². The Kier molecular flexibility index (Phi) is 3.47. The molecule has 0 bridgehead atoms. The molecule has 18 heavy (non-hydrogen) atoms. The van der Waals surface area contributed by atoms with Crippen molar-refractivity contribution in [1.29, 1.82) is 0 Å². The third-order valence-electron chi connectivity index (χ3n) is 2.34. The molecule has 0 unspecified atom stereocenters. The van der Waals surface area contributed by atoms with E-state index >= 15 is 0 Å². The van der Waals surface area contributed by atoms with Crippen molar-refractivity contribution >= 4 is 23.4 Å². The first-order valence-corrected chi connectivity index (χ1v) is 5.55. The molecule has 0 aliphatic carbocycles. The van der Waals surface area contributed by atoms with Gasteiger partial charge < -0.3 is 10.4 Å². The van der Waals surface area contributed by atoms with Crippen molar-refractivity contribution in [2.24, 2.45) is 7.05 Å². The maximum absolute atomic E-state index is 10.9. The van der Waals surface area contributed by atoms with Crippen LogP contribution in [0.3, 0.4) is 0 Å². The zero-order chi connectivity index (χ0) is 13.1. The lowest BCUT2D eigenvalue weighted by atomic mass is 10.2. The quantitative estimate of drug-likeness (QED) is 0.882. The van der Waals surface area contributed by atoms with E-state index in [0.717, 1.165) is 5.56 Å². The van der Waals surface area contributed by atoms with Gasteiger partial charge in [0.05, 0.1) is 16.8 Å². The molecule has 2 rings (SSSR count). The van der Waals surface area contributed by atoms with E-state index in [1.807, 2.05) is 13.2 Å². The van der Waals surface area contributed by atoms with Crippen LogP contribution in [0.25, 0.3) is 0 Å². The number of nitrogens with zero attached hydrogens (tertiary/aromatic N) is 3. The van der Waals surface area contributed by atoms with Gasteiger partial charge in [0.15, 0.2) is 0 Å². The van der Waals surface area contributed by atoms with E-state index in [2.05, 4.69) is 15.4 Å². The molecule has 2 aromatic rings. The monoisotopic (exact) mass is 266 g/mol. The summed E-state index contributed by atoms with van der Waals surface area (Å²) in [4.78, 5) is 14.9. The number of hydrogen-bond donors (Lipinski definition) is 2. The maximum Gasteiger partial charge on any atom is 0.337 e. The summed E-state index contributed by atoms with van der Waals surface area (Å²) in [6.07, 6.45) is 4.96. The number of aromatic nitrogens is 3. The average Bonchev–Trinajstić information content (AvgIpc) is 2.73. The third kappa shape index (κ3) is 2.60. The number of anilines is 1. The van der Waals surface area contributed by atoms with E-state index in [1.165, 1.54) is 12.3 Å². The van der Waals surface area contributed by atoms with E-state index < -0.39 is 5.97 Å². The van der Waals surface area contributed by atoms with Gasteiger partial charge in [-0.05, 0) is 6.07 Å². The van der Waals surface area contributed by atoms with Crippen LogP contribution in [0.2, 0.25) is 5.02 Å². The maximum atomic E-state index is 10.9. The molecular weight excluding hydrogens is 256 g/mol. The van der Waals surface area contributed by atoms with Gasteiger partial charge in [0.1, 0.15) is 5.82 Å². The molecule has 94 valence electrons. The van der Waals surface area contributed by atoms with E-state index in [9.17, 15) is 4.79 Å². The lowest BCUT2D eigenvalue weighted by Crippen LogP contribution is -2.05. The molecule has 0 atom stereocenters. The van der Waals surface area contributed by atoms with Crippen LogP contribution in [0.5, 0.6) is 0 Å². The molecule has 0 saturated carbocycles. The zero-order valence-electron chi connectivity index (χ0n) is 9.59. The molecule has 0 aromatic carbocycles. The highest BCUT2D eigenvalue weighted by Crippen LogP contribution is 2.23. The summed E-state index contributed by atoms with van der Waals surface area (Å²) in [7, 11) is 1.82. The number of rotatable bonds is 4. The molecule has 0 spiro atoms. The van der Waals surface area contributed by atoms with Crippen LogP contribution in [0.15, 0.2) is 24.7 Å². The first-order chi connectivity index (χ1) is 8.58. The minimum atomic E-state index is -1.08. The van der Waals surface area contributed by atoms with Crippen molar-refractivity contribution in [3.63, 3.8) is 0 Å². The summed E-state index contributed by atoms with van der Waals surface area (Å²) < 4.78 is 1.68. The highest BCUT2D eigenvalue weighted by Gasteiger charge is 2.12. The molecule has 0 fully saturated rings. The SMILES string of the molecule is Cn1cc(CNc2nccc(C(=O)O)c2Cl)cn1. The van der Waals surface area contributed by atoms with Gasteiger partial charge in [-0.25, -0.2) is 9.78 Å². The summed E-state index contributed by atoms with van der Waals surface area (Å²) in [6, 6.07) is 1.36. The number of aromatic carboxylic acids is 1. The topological polar surface area (TPSA) is 80.0 Å². The van der Waals surface area contributed by atoms with Gasteiger partial charge in [0.25, 0.3) is 0 Å². The normalized spacial score (nSPS) is 10.3. The van der Waals surface area contributed by atoms with Gasteiger partial charge in [-0.3, -0.25) is 4.68 Å². The summed E-state index contributed by atoms with van der Waals surface area (Å²) in [5.41, 5.74) is 0.983. The van der Waals surface area contributed by atoms with E-state index in [0.29, 0.717) is 12.4 Å². The number of aryl methyl sites for hydroxylation is 1. The number of hydrogen-bond acceptors (Lipinski definition) is 4. The highest BCUT2D eigenvalue weighted by atomic mass is 35.5. The van der Waals surface area contributed by atoms with Crippen LogP contribution in [-0.4, -0.2) is 25.8 Å². The lowest BCUT2D eigenvalue weighted by molar-refractivity contribution is 0.0697. The minimum Gasteiger partial charge on any atom is -0.478 e. The number of halogens is 1. The second kappa shape index (κ2) is 5.05. The summed E-state index contributed by atoms with van der Waals surface area (Å²) in [6.45, 7) is 0.476. The molecule has 0 aliphatic rings. The Morgan fingerprint density at radius 1 is 1.61 bits per heavy atom. The molecule has 2 aromatic heterocycles. The zero-order valence-corrected chi connectivity index (χ0v) is 10.3. The molecule has 7 heteroatoms. The number of carbonyl (C=O) groups is 1. The molecule has 6 nitrogen and oxygen atoms in total. The predicted molar refractivity (Wildman–Crippen MR) is 66.7 cm³/mol. The van der Waals surface area contributed by atoms with E-state index in [1.54, 1.807) is 10.9 Å². The smallest absolute Gasteiger partial charge is 0.337 e. The first kappa shape index (κ1) is 12.4. The molecule has 2 heterocycles. The Labute approximate surface area is 108 Å². The molecular formula is C11H11ClN4O2. The van der Waals surface area contributed by atoms with E-state index in [-0.39, 0.29) is 10.6 Å². The summed E-state index contributed by atoms with van der Waals surface area (Å²) >= 11 is 5.95. The van der Waals surface area contributed by atoms with Crippen LogP contribution in [0, 0.1) is 0 Å². The van der Waals surface area contributed by atoms with Crippen LogP contribution in [0.1, 0.15) is 15.9 Å². The minimum absolute atomic E-state index is 0.0281. The predicted octanol–water partition coefficient (Wildman–Crippen LogP) is 1.78. The van der Waals surface area contributed by atoms with Gasteiger partial charge in [-0.15, -0.1) is 0 Å². The Bertz CT molecular complexity index is 582. The fourth-order valence-electron chi connectivity index (χ4n) is 1.48. The Morgan fingerprint density at radius 3 is 3.00 bits per heavy atom. The lowest BCUT2D eigenvalue weighted by Gasteiger charge is -2.07. The Morgan fingerprint density at radius 2 is 2.39 bits per heavy atom. The summed E-state index contributed by atoms with van der Waals surface area (Å²) in [5.74, 6) is -0.729. The number of nitrogens with one attached hydrogen (secondary N) is 1. The average molecular weight is 267 g/mol. The van der Waals surface area contributed by atoms with Crippen molar-refractivity contribution in [3.05, 3.63) is 40.8 Å². The van der Waals surface area contributed by atoms with Gasteiger partial charge in [-0.2, -0.15) is 5.10 Å². The third-order valence-corrected chi connectivity index (χ3v) is 2.72. The van der Waals surface area contributed by atoms with Crippen molar-refractivity contribution in [2.45, 2.75) is 6.54 Å². The summed E-state index contributed by atoms with van der Waals surface area (Å²) in [5, 5.41) is 16.0.